The van der Waals surface area contributed by atoms with Gasteiger partial charge in [0.25, 0.3) is 0 Å². The molecule has 1 saturated carbocycles. The van der Waals surface area contributed by atoms with E-state index in [1.54, 1.807) is 29.1 Å². The minimum atomic E-state index is -1.60. The van der Waals surface area contributed by atoms with Crippen LogP contribution in [0.5, 0.6) is 0 Å². The lowest BCUT2D eigenvalue weighted by Gasteiger charge is -2.39. The SMILES string of the molecule is [2H][C@@](Nc1cc(Cl)c2ncc(C#N)c(N[C@H]3CCOCC3(C)C)c2c1)(c1ccc(F)cc1)c1cn(C2CC2)nn1. The largest absolute Gasteiger partial charge is 0.381 e. The maximum absolute atomic E-state index is 13.8. The molecule has 200 valence electrons. The van der Waals surface area contributed by atoms with E-state index in [9.17, 15) is 11.0 Å². The lowest BCUT2D eigenvalue weighted by molar-refractivity contribution is 0.00350. The van der Waals surface area contributed by atoms with Crippen LogP contribution in [0, 0.1) is 22.6 Å². The van der Waals surface area contributed by atoms with Crippen molar-refractivity contribution in [2.75, 3.05) is 23.8 Å². The summed E-state index contributed by atoms with van der Waals surface area (Å²) in [5.41, 5.74) is 2.78. The zero-order valence-corrected chi connectivity index (χ0v) is 22.5. The van der Waals surface area contributed by atoms with Crippen molar-refractivity contribution in [2.24, 2.45) is 5.41 Å². The zero-order chi connectivity index (χ0) is 28.1. The molecule has 2 aliphatic rings. The van der Waals surface area contributed by atoms with Gasteiger partial charge in [-0.15, -0.1) is 5.10 Å². The maximum Gasteiger partial charge on any atom is 0.123 e. The molecule has 0 bridgehead atoms. The Hall–Kier alpha value is -3.74. The van der Waals surface area contributed by atoms with Crippen LogP contribution < -0.4 is 10.6 Å². The smallest absolute Gasteiger partial charge is 0.123 e. The van der Waals surface area contributed by atoms with Gasteiger partial charge in [0.2, 0.25) is 0 Å². The molecule has 2 aromatic heterocycles. The van der Waals surface area contributed by atoms with Crippen LogP contribution in [0.3, 0.4) is 0 Å². The summed E-state index contributed by atoms with van der Waals surface area (Å²) in [6.45, 7) is 5.49. The molecule has 0 radical (unpaired) electrons. The average molecular weight is 547 g/mol. The number of benzene rings is 2. The van der Waals surface area contributed by atoms with E-state index >= 15 is 0 Å². The number of fused-ring (bicyclic) bond motifs is 1. The molecule has 0 spiro atoms. The Balaban J connectivity index is 1.45. The second kappa shape index (κ2) is 10.1. The van der Waals surface area contributed by atoms with Crippen molar-refractivity contribution in [2.45, 2.75) is 51.2 Å². The van der Waals surface area contributed by atoms with E-state index in [1.165, 1.54) is 18.3 Å². The molecule has 2 fully saturated rings. The van der Waals surface area contributed by atoms with Gasteiger partial charge >= 0.3 is 0 Å². The summed E-state index contributed by atoms with van der Waals surface area (Å²) in [6, 6.07) is 10.3. The van der Waals surface area contributed by atoms with E-state index in [1.807, 2.05) is 6.07 Å². The Kier molecular flexibility index (Phi) is 6.30. The summed E-state index contributed by atoms with van der Waals surface area (Å²) in [5, 5.41) is 26.4. The fraction of sp³-hybridized carbons (Fsp3) is 0.379. The number of nitrogens with one attached hydrogen (secondary N) is 2. The lowest BCUT2D eigenvalue weighted by Crippen LogP contribution is -2.44. The highest BCUT2D eigenvalue weighted by molar-refractivity contribution is 6.35. The number of anilines is 2. The maximum atomic E-state index is 13.8. The van der Waals surface area contributed by atoms with Crippen molar-refractivity contribution in [3.8, 4) is 6.07 Å². The van der Waals surface area contributed by atoms with Gasteiger partial charge in [0, 0.05) is 35.3 Å². The summed E-state index contributed by atoms with van der Waals surface area (Å²) < 4.78 is 30.9. The van der Waals surface area contributed by atoms with Crippen LogP contribution in [0.25, 0.3) is 10.9 Å². The molecule has 8 nitrogen and oxygen atoms in total. The Bertz CT molecular complexity index is 1620. The summed E-state index contributed by atoms with van der Waals surface area (Å²) in [5.74, 6) is -0.400. The molecule has 2 N–H and O–H groups in total. The Labute approximate surface area is 232 Å². The van der Waals surface area contributed by atoms with Crippen LogP contribution in [0.4, 0.5) is 15.8 Å². The highest BCUT2D eigenvalue weighted by atomic mass is 35.5. The second-order valence-corrected chi connectivity index (χ2v) is 11.3. The fourth-order valence-electron chi connectivity index (χ4n) is 5.00. The van der Waals surface area contributed by atoms with Gasteiger partial charge in [0.1, 0.15) is 17.6 Å². The number of hydrogen-bond donors (Lipinski definition) is 2. The molecule has 2 aromatic carbocycles. The van der Waals surface area contributed by atoms with E-state index in [4.69, 9.17) is 16.3 Å². The van der Waals surface area contributed by atoms with E-state index in [2.05, 4.69) is 45.8 Å². The van der Waals surface area contributed by atoms with Gasteiger partial charge in [-0.1, -0.05) is 42.8 Å². The zero-order valence-electron chi connectivity index (χ0n) is 22.7. The van der Waals surface area contributed by atoms with Gasteiger partial charge < -0.3 is 15.4 Å². The summed E-state index contributed by atoms with van der Waals surface area (Å²) >= 11 is 6.75. The molecule has 0 unspecified atom stereocenters. The van der Waals surface area contributed by atoms with E-state index in [-0.39, 0.29) is 17.5 Å². The molecule has 3 heterocycles. The number of pyridine rings is 1. The molecule has 39 heavy (non-hydrogen) atoms. The van der Waals surface area contributed by atoms with Crippen molar-refractivity contribution < 1.29 is 10.5 Å². The Morgan fingerprint density at radius 2 is 2.05 bits per heavy atom. The molecule has 4 aromatic rings. The number of halogens is 2. The van der Waals surface area contributed by atoms with Gasteiger partial charge in [0.15, 0.2) is 0 Å². The highest BCUT2D eigenvalue weighted by Crippen LogP contribution is 2.39. The number of nitriles is 1. The minimum Gasteiger partial charge on any atom is -0.381 e. The van der Waals surface area contributed by atoms with Crippen LogP contribution in [0.15, 0.2) is 48.8 Å². The Morgan fingerprint density at radius 3 is 2.77 bits per heavy atom. The van der Waals surface area contributed by atoms with Gasteiger partial charge in [-0.3, -0.25) is 4.98 Å². The first-order chi connectivity index (χ1) is 19.2. The average Bonchev–Trinajstić information content (AvgIpc) is 3.65. The predicted molar refractivity (Wildman–Crippen MR) is 148 cm³/mol. The number of ether oxygens (including phenoxy) is 1. The summed E-state index contributed by atoms with van der Waals surface area (Å²) in [4.78, 5) is 4.47. The lowest BCUT2D eigenvalue weighted by atomic mass is 9.81. The number of hydrogen-bond acceptors (Lipinski definition) is 7. The molecule has 1 aliphatic heterocycles. The molecule has 0 amide bonds. The van der Waals surface area contributed by atoms with Crippen LogP contribution in [0.2, 0.25) is 5.02 Å². The van der Waals surface area contributed by atoms with Gasteiger partial charge in [-0.2, -0.15) is 5.26 Å². The van der Waals surface area contributed by atoms with Gasteiger partial charge in [0.05, 0.1) is 48.0 Å². The van der Waals surface area contributed by atoms with Crippen LogP contribution >= 0.6 is 11.6 Å². The van der Waals surface area contributed by atoms with Crippen molar-refractivity contribution in [3.05, 3.63) is 76.5 Å². The monoisotopic (exact) mass is 546 g/mol. The standard InChI is InChI=1S/C29H29ClFN7O/c1-29(2)16-39-10-9-25(29)35-26-18(13-32)14-33-28-22(26)11-20(12-23(28)30)34-27(17-3-5-19(31)6-4-17)24-15-38(37-36-24)21-7-8-21/h3-6,11-12,14-15,21,25,27,34H,7-10,16H2,1-2H3,(H,33,35)/t25-,27+/m0/s1/i27D. The van der Waals surface area contributed by atoms with Crippen molar-refractivity contribution in [3.63, 3.8) is 0 Å². The third kappa shape index (κ3) is 5.14. The number of rotatable bonds is 7. The van der Waals surface area contributed by atoms with E-state index < -0.39 is 11.8 Å². The van der Waals surface area contributed by atoms with Gasteiger partial charge in [-0.25, -0.2) is 9.07 Å². The van der Waals surface area contributed by atoms with Crippen LogP contribution in [0.1, 0.15) is 63.4 Å². The van der Waals surface area contributed by atoms with Crippen molar-refractivity contribution in [1.29, 1.82) is 5.26 Å². The first-order valence-electron chi connectivity index (χ1n) is 13.5. The summed E-state index contributed by atoms with van der Waals surface area (Å²) in [6.07, 6.45) is 6.11. The molecule has 10 heteroatoms. The highest BCUT2D eigenvalue weighted by Gasteiger charge is 2.34. The molecule has 1 saturated heterocycles. The number of aromatic nitrogens is 4. The van der Waals surface area contributed by atoms with Gasteiger partial charge in [-0.05, 0) is 49.1 Å². The van der Waals surface area contributed by atoms with Crippen molar-refractivity contribution in [1.82, 2.24) is 20.0 Å². The second-order valence-electron chi connectivity index (χ2n) is 10.9. The molecule has 1 aliphatic carbocycles. The van der Waals surface area contributed by atoms with Crippen LogP contribution in [-0.2, 0) is 4.74 Å². The topological polar surface area (TPSA) is 101 Å². The van der Waals surface area contributed by atoms with E-state index in [0.29, 0.717) is 57.3 Å². The first-order valence-corrected chi connectivity index (χ1v) is 13.4. The number of nitrogens with zero attached hydrogens (tertiary/aromatic N) is 5. The summed E-state index contributed by atoms with van der Waals surface area (Å²) in [7, 11) is 0. The molecular weight excluding hydrogens is 517 g/mol. The predicted octanol–water partition coefficient (Wildman–Crippen LogP) is 6.25. The quantitative estimate of drug-likeness (QED) is 0.282. The normalized spacial score (nSPS) is 20.6. The Morgan fingerprint density at radius 1 is 1.26 bits per heavy atom. The molecular formula is C29H29ClFN7O. The molecule has 2 atom stereocenters. The molecule has 6 rings (SSSR count). The van der Waals surface area contributed by atoms with Crippen molar-refractivity contribution >= 4 is 33.9 Å². The third-order valence-electron chi connectivity index (χ3n) is 7.42. The third-order valence-corrected chi connectivity index (χ3v) is 7.71. The van der Waals surface area contributed by atoms with E-state index in [0.717, 1.165) is 19.3 Å². The van der Waals surface area contributed by atoms with Crippen LogP contribution in [-0.4, -0.2) is 39.2 Å². The fourth-order valence-corrected chi connectivity index (χ4v) is 5.26. The first kappa shape index (κ1) is 24.3. The minimum absolute atomic E-state index is 0.0567.